The third kappa shape index (κ3) is 6.07. The summed E-state index contributed by atoms with van der Waals surface area (Å²) in [6.07, 6.45) is 5.49. The number of nitrogens with zero attached hydrogens (tertiary/aromatic N) is 2. The number of hydrogen-bond acceptors (Lipinski definition) is 4. The monoisotopic (exact) mass is 414 g/mol. The summed E-state index contributed by atoms with van der Waals surface area (Å²) in [6, 6.07) is -0.0641. The Balaban J connectivity index is 0.00000280. The molecule has 3 fully saturated rings. The van der Waals surface area contributed by atoms with Crippen molar-refractivity contribution in [1.29, 1.82) is 0 Å². The Morgan fingerprint density at radius 2 is 1.82 bits per heavy atom. The molecular formula is C21H39ClN4O2. The summed E-state index contributed by atoms with van der Waals surface area (Å²) in [5, 5.41) is 6.39. The largest absolute Gasteiger partial charge is 0.354 e. The molecule has 0 saturated carbocycles. The van der Waals surface area contributed by atoms with Crippen molar-refractivity contribution < 1.29 is 9.59 Å². The summed E-state index contributed by atoms with van der Waals surface area (Å²) in [7, 11) is 0. The van der Waals surface area contributed by atoms with Crippen molar-refractivity contribution in [2.75, 3.05) is 39.3 Å². The number of hydrogen-bond donors (Lipinski definition) is 2. The first-order chi connectivity index (χ1) is 12.9. The zero-order chi connectivity index (χ0) is 19.4. The van der Waals surface area contributed by atoms with Gasteiger partial charge in [-0.15, -0.1) is 12.4 Å². The van der Waals surface area contributed by atoms with Crippen LogP contribution < -0.4 is 10.6 Å². The van der Waals surface area contributed by atoms with Crippen LogP contribution in [0.25, 0.3) is 0 Å². The van der Waals surface area contributed by atoms with Crippen molar-refractivity contribution in [2.45, 2.75) is 65.0 Å². The normalized spacial score (nSPS) is 32.5. The Kier molecular flexibility index (Phi) is 9.03. The number of likely N-dealkylation sites (tertiary alicyclic amines) is 2. The third-order valence-corrected chi connectivity index (χ3v) is 6.58. The van der Waals surface area contributed by atoms with E-state index in [-0.39, 0.29) is 36.3 Å². The van der Waals surface area contributed by atoms with Gasteiger partial charge in [0.2, 0.25) is 11.8 Å². The fourth-order valence-electron chi connectivity index (χ4n) is 5.16. The molecule has 5 unspecified atom stereocenters. The first-order valence-corrected chi connectivity index (χ1v) is 11.0. The van der Waals surface area contributed by atoms with Gasteiger partial charge in [-0.2, -0.15) is 0 Å². The average Bonchev–Trinajstić information content (AvgIpc) is 3.19. The van der Waals surface area contributed by atoms with Gasteiger partial charge in [-0.1, -0.05) is 13.8 Å². The van der Waals surface area contributed by atoms with Gasteiger partial charge in [0.05, 0.1) is 12.1 Å². The third-order valence-electron chi connectivity index (χ3n) is 6.58. The first-order valence-electron chi connectivity index (χ1n) is 11.0. The number of piperidine rings is 2. The molecule has 0 aromatic heterocycles. The standard InChI is InChI=1S/C21H38N4O2.ClH/c1-15-10-16(2)13-25(12-15)21(27)17(3)24-9-5-6-18(14-24)11-23-20(26)19-7-4-8-22-19;/h15-19,22H,4-14H2,1-3H3,(H,23,26);1H. The van der Waals surface area contributed by atoms with Crippen LogP contribution in [0.15, 0.2) is 0 Å². The van der Waals surface area contributed by atoms with E-state index in [9.17, 15) is 9.59 Å². The molecule has 3 rings (SSSR count). The van der Waals surface area contributed by atoms with Crippen LogP contribution in [0.4, 0.5) is 0 Å². The van der Waals surface area contributed by atoms with E-state index in [0.29, 0.717) is 17.8 Å². The van der Waals surface area contributed by atoms with Crippen LogP contribution in [0.3, 0.4) is 0 Å². The van der Waals surface area contributed by atoms with Gasteiger partial charge in [-0.25, -0.2) is 0 Å². The number of rotatable bonds is 5. The van der Waals surface area contributed by atoms with Gasteiger partial charge in [0.15, 0.2) is 0 Å². The second kappa shape index (κ2) is 10.8. The maximum Gasteiger partial charge on any atom is 0.239 e. The van der Waals surface area contributed by atoms with Gasteiger partial charge >= 0.3 is 0 Å². The van der Waals surface area contributed by atoms with Crippen molar-refractivity contribution in [3.63, 3.8) is 0 Å². The molecule has 7 heteroatoms. The van der Waals surface area contributed by atoms with E-state index in [1.807, 2.05) is 0 Å². The van der Waals surface area contributed by atoms with Crippen molar-refractivity contribution in [3.8, 4) is 0 Å². The van der Waals surface area contributed by atoms with Gasteiger partial charge in [0.25, 0.3) is 0 Å². The van der Waals surface area contributed by atoms with Gasteiger partial charge in [-0.05, 0) is 69.9 Å². The summed E-state index contributed by atoms with van der Waals surface area (Å²) >= 11 is 0. The van der Waals surface area contributed by atoms with Crippen LogP contribution in [0.2, 0.25) is 0 Å². The van der Waals surface area contributed by atoms with Crippen molar-refractivity contribution in [3.05, 3.63) is 0 Å². The zero-order valence-electron chi connectivity index (χ0n) is 17.8. The molecule has 0 aromatic rings. The smallest absolute Gasteiger partial charge is 0.239 e. The summed E-state index contributed by atoms with van der Waals surface area (Å²) in [5.74, 6) is 2.06. The zero-order valence-corrected chi connectivity index (χ0v) is 18.6. The minimum Gasteiger partial charge on any atom is -0.354 e. The highest BCUT2D eigenvalue weighted by Crippen LogP contribution is 2.24. The molecular weight excluding hydrogens is 376 g/mol. The van der Waals surface area contributed by atoms with Crippen LogP contribution in [-0.2, 0) is 9.59 Å². The lowest BCUT2D eigenvalue weighted by Crippen LogP contribution is -2.54. The highest BCUT2D eigenvalue weighted by molar-refractivity contribution is 5.85. The van der Waals surface area contributed by atoms with Gasteiger partial charge in [-0.3, -0.25) is 14.5 Å². The van der Waals surface area contributed by atoms with Crippen LogP contribution in [-0.4, -0.2) is 73.0 Å². The molecule has 0 radical (unpaired) electrons. The number of carbonyl (C=O) groups excluding carboxylic acids is 2. The van der Waals surface area contributed by atoms with Gasteiger partial charge in [0.1, 0.15) is 0 Å². The van der Waals surface area contributed by atoms with Crippen molar-refractivity contribution in [1.82, 2.24) is 20.4 Å². The van der Waals surface area contributed by atoms with Crippen LogP contribution >= 0.6 is 12.4 Å². The number of nitrogens with one attached hydrogen (secondary N) is 2. The molecule has 0 aliphatic carbocycles. The SMILES string of the molecule is CC1CC(C)CN(C(=O)C(C)N2CCCC(CNC(=O)C3CCCN3)C2)C1.Cl. The highest BCUT2D eigenvalue weighted by Gasteiger charge is 2.33. The average molecular weight is 415 g/mol. The maximum absolute atomic E-state index is 13.0. The van der Waals surface area contributed by atoms with Crippen LogP contribution in [0, 0.1) is 17.8 Å². The second-order valence-electron chi connectivity index (χ2n) is 9.26. The Morgan fingerprint density at radius 3 is 2.46 bits per heavy atom. The molecule has 28 heavy (non-hydrogen) atoms. The Morgan fingerprint density at radius 1 is 1.11 bits per heavy atom. The maximum atomic E-state index is 13.0. The fourth-order valence-corrected chi connectivity index (χ4v) is 5.16. The number of amides is 2. The predicted molar refractivity (Wildman–Crippen MR) is 115 cm³/mol. The summed E-state index contributed by atoms with van der Waals surface area (Å²) in [4.78, 5) is 29.7. The number of carbonyl (C=O) groups is 2. The molecule has 0 spiro atoms. The highest BCUT2D eigenvalue weighted by atomic mass is 35.5. The molecule has 0 bridgehead atoms. The molecule has 0 aromatic carbocycles. The fraction of sp³-hybridized carbons (Fsp3) is 0.905. The summed E-state index contributed by atoms with van der Waals surface area (Å²) in [5.41, 5.74) is 0. The van der Waals surface area contributed by atoms with Gasteiger partial charge in [0, 0.05) is 26.2 Å². The molecule has 2 amide bonds. The molecule has 162 valence electrons. The lowest BCUT2D eigenvalue weighted by atomic mass is 9.91. The Bertz CT molecular complexity index is 517. The van der Waals surface area contributed by atoms with E-state index in [0.717, 1.165) is 65.0 Å². The second-order valence-corrected chi connectivity index (χ2v) is 9.26. The first kappa shape index (κ1) is 23.4. The van der Waals surface area contributed by atoms with Gasteiger partial charge < -0.3 is 15.5 Å². The minimum absolute atomic E-state index is 0. The van der Waals surface area contributed by atoms with E-state index in [1.165, 1.54) is 6.42 Å². The van der Waals surface area contributed by atoms with E-state index >= 15 is 0 Å². The lowest BCUT2D eigenvalue weighted by molar-refractivity contribution is -0.140. The van der Waals surface area contributed by atoms with E-state index in [4.69, 9.17) is 0 Å². The summed E-state index contributed by atoms with van der Waals surface area (Å²) < 4.78 is 0. The molecule has 2 N–H and O–H groups in total. The summed E-state index contributed by atoms with van der Waals surface area (Å²) in [6.45, 7) is 11.9. The molecule has 3 heterocycles. The van der Waals surface area contributed by atoms with E-state index in [2.05, 4.69) is 41.2 Å². The van der Waals surface area contributed by atoms with Crippen LogP contribution in [0.5, 0.6) is 0 Å². The topological polar surface area (TPSA) is 64.7 Å². The quantitative estimate of drug-likeness (QED) is 0.720. The molecule has 5 atom stereocenters. The van der Waals surface area contributed by atoms with E-state index in [1.54, 1.807) is 0 Å². The lowest BCUT2D eigenvalue weighted by Gasteiger charge is -2.41. The Labute approximate surface area is 176 Å². The van der Waals surface area contributed by atoms with Crippen molar-refractivity contribution in [2.24, 2.45) is 17.8 Å². The molecule has 3 aliphatic heterocycles. The minimum atomic E-state index is -0.0579. The molecule has 3 saturated heterocycles. The Hall–Kier alpha value is -0.850. The predicted octanol–water partition coefficient (Wildman–Crippen LogP) is 1.88. The number of halogens is 1. The molecule has 6 nitrogen and oxygen atoms in total. The van der Waals surface area contributed by atoms with E-state index < -0.39 is 0 Å². The van der Waals surface area contributed by atoms with Crippen LogP contribution in [0.1, 0.15) is 52.9 Å². The molecule has 3 aliphatic rings. The van der Waals surface area contributed by atoms with Crippen molar-refractivity contribution >= 4 is 24.2 Å².